The molecule has 0 bridgehead atoms. The maximum absolute atomic E-state index is 9.65. The summed E-state index contributed by atoms with van der Waals surface area (Å²) in [6, 6.07) is -2.25. The number of aliphatic hydroxyl groups excluding tert-OH is 2. The Morgan fingerprint density at radius 1 is 0.842 bits per heavy atom. The third-order valence-corrected chi connectivity index (χ3v) is 1.20. The predicted molar refractivity (Wildman–Crippen MR) is 62.1 cm³/mol. The van der Waals surface area contributed by atoms with Gasteiger partial charge in [0.2, 0.25) is 0 Å². The average molecular weight is 285 g/mol. The number of nitrogens with two attached hydrogens (primary N) is 3. The van der Waals surface area contributed by atoms with Crippen LogP contribution in [0.2, 0.25) is 0 Å². The second-order valence-corrected chi connectivity index (χ2v) is 2.85. The van der Waals surface area contributed by atoms with Crippen molar-refractivity contribution in [3.05, 3.63) is 0 Å². The second-order valence-electron chi connectivity index (χ2n) is 2.85. The predicted octanol–water partition coefficient (Wildman–Crippen LogP) is -4.19. The van der Waals surface area contributed by atoms with Crippen LogP contribution in [0.1, 0.15) is 0 Å². The molecule has 11 nitrogen and oxygen atoms in total. The summed E-state index contributed by atoms with van der Waals surface area (Å²) in [6.45, 7) is -1.29. The number of aliphatic carboxylic acids is 3. The van der Waals surface area contributed by atoms with E-state index in [-0.39, 0.29) is 6.54 Å². The maximum atomic E-state index is 9.65. The Balaban J connectivity index is -0.000000206. The molecule has 0 spiro atoms. The Kier molecular flexibility index (Phi) is 16.8. The molecule has 0 aliphatic rings. The lowest BCUT2D eigenvalue weighted by atomic mass is 10.3. The molecular formula is C8H19N3O8. The van der Waals surface area contributed by atoms with Gasteiger partial charge in [0.25, 0.3) is 0 Å². The van der Waals surface area contributed by atoms with Crippen molar-refractivity contribution in [3.63, 3.8) is 0 Å². The third-order valence-electron chi connectivity index (χ3n) is 1.20. The maximum Gasteiger partial charge on any atom is 0.322 e. The van der Waals surface area contributed by atoms with Gasteiger partial charge in [-0.15, -0.1) is 0 Å². The van der Waals surface area contributed by atoms with E-state index in [4.69, 9.17) is 37.0 Å². The Bertz CT molecular complexity index is 253. The first-order valence-electron chi connectivity index (χ1n) is 4.74. The van der Waals surface area contributed by atoms with Gasteiger partial charge in [0.05, 0.1) is 19.8 Å². The van der Waals surface area contributed by atoms with E-state index in [2.05, 4.69) is 5.73 Å². The van der Waals surface area contributed by atoms with Crippen molar-refractivity contribution in [1.82, 2.24) is 0 Å². The number of hydrogen-bond donors (Lipinski definition) is 8. The summed E-state index contributed by atoms with van der Waals surface area (Å²) in [6.07, 6.45) is 0. The molecule has 0 heterocycles. The van der Waals surface area contributed by atoms with E-state index in [1.807, 2.05) is 0 Å². The van der Waals surface area contributed by atoms with Crippen molar-refractivity contribution >= 4 is 17.9 Å². The summed E-state index contributed by atoms with van der Waals surface area (Å²) in [7, 11) is 0. The van der Waals surface area contributed by atoms with Crippen molar-refractivity contribution in [2.75, 3.05) is 19.8 Å². The van der Waals surface area contributed by atoms with Crippen molar-refractivity contribution in [3.8, 4) is 0 Å². The first-order valence-corrected chi connectivity index (χ1v) is 4.74. The molecule has 0 aromatic heterocycles. The van der Waals surface area contributed by atoms with Crippen LogP contribution in [0.25, 0.3) is 0 Å². The molecule has 114 valence electrons. The van der Waals surface area contributed by atoms with Crippen LogP contribution < -0.4 is 17.2 Å². The van der Waals surface area contributed by atoms with Gasteiger partial charge in [0.15, 0.2) is 0 Å². The molecule has 0 rings (SSSR count). The monoisotopic (exact) mass is 285 g/mol. The standard InChI is InChI=1S/2C3H7NO3.C2H5NO2/c2*4-2(1-5)3(6)7;3-1-2(4)5/h2*2,5H,1,4H2,(H,6,7);1,3H2,(H,4,5). The number of hydrogen-bond acceptors (Lipinski definition) is 8. The smallest absolute Gasteiger partial charge is 0.322 e. The molecule has 0 aromatic rings. The molecule has 0 aromatic carbocycles. The van der Waals surface area contributed by atoms with E-state index in [9.17, 15) is 14.4 Å². The Labute approximate surface area is 108 Å². The highest BCUT2D eigenvalue weighted by Gasteiger charge is 2.07. The van der Waals surface area contributed by atoms with Crippen LogP contribution in [0, 0.1) is 0 Å². The Hall–Kier alpha value is -1.79. The summed E-state index contributed by atoms with van der Waals surface area (Å²) in [5.41, 5.74) is 14.1. The number of carboxylic acids is 3. The molecule has 0 aliphatic carbocycles. The summed E-state index contributed by atoms with van der Waals surface area (Å²) in [5, 5.41) is 39.4. The van der Waals surface area contributed by atoms with Crippen LogP contribution in [-0.2, 0) is 14.4 Å². The number of carboxylic acid groups (broad SMARTS) is 3. The van der Waals surface area contributed by atoms with Crippen LogP contribution in [-0.4, -0.2) is 75.3 Å². The highest BCUT2D eigenvalue weighted by Crippen LogP contribution is 1.71. The minimum absolute atomic E-state index is 0.278. The lowest BCUT2D eigenvalue weighted by Crippen LogP contribution is -2.33. The van der Waals surface area contributed by atoms with Gasteiger partial charge in [-0.1, -0.05) is 0 Å². The van der Waals surface area contributed by atoms with E-state index in [0.29, 0.717) is 0 Å². The van der Waals surface area contributed by atoms with Crippen molar-refractivity contribution in [1.29, 1.82) is 0 Å². The van der Waals surface area contributed by atoms with Crippen LogP contribution in [0.4, 0.5) is 0 Å². The highest BCUT2D eigenvalue weighted by atomic mass is 16.4. The third kappa shape index (κ3) is 22.0. The zero-order chi connectivity index (χ0) is 16.0. The molecule has 0 saturated carbocycles. The Morgan fingerprint density at radius 3 is 1.05 bits per heavy atom. The van der Waals surface area contributed by atoms with Crippen molar-refractivity contribution in [2.45, 2.75) is 12.1 Å². The molecule has 11 heteroatoms. The number of aliphatic hydroxyl groups is 2. The molecule has 0 radical (unpaired) electrons. The van der Waals surface area contributed by atoms with Crippen LogP contribution in [0.5, 0.6) is 0 Å². The minimum Gasteiger partial charge on any atom is -0.480 e. The van der Waals surface area contributed by atoms with E-state index in [1.54, 1.807) is 0 Å². The van der Waals surface area contributed by atoms with Crippen molar-refractivity contribution in [2.24, 2.45) is 17.2 Å². The normalized spacial score (nSPS) is 11.8. The van der Waals surface area contributed by atoms with Gasteiger partial charge in [0, 0.05) is 0 Å². The second kappa shape index (κ2) is 14.3. The largest absolute Gasteiger partial charge is 0.480 e. The lowest BCUT2D eigenvalue weighted by molar-refractivity contribution is -0.140. The molecule has 0 saturated heterocycles. The fourth-order valence-corrected chi connectivity index (χ4v) is 0.156. The van der Waals surface area contributed by atoms with E-state index >= 15 is 0 Å². The number of carbonyl (C=O) groups is 3. The molecule has 11 N–H and O–H groups in total. The fraction of sp³-hybridized carbons (Fsp3) is 0.625. The quantitative estimate of drug-likeness (QED) is 0.241. The van der Waals surface area contributed by atoms with Gasteiger partial charge in [-0.2, -0.15) is 0 Å². The molecule has 2 atom stereocenters. The van der Waals surface area contributed by atoms with Crippen LogP contribution in [0.15, 0.2) is 0 Å². The molecule has 0 aliphatic heterocycles. The van der Waals surface area contributed by atoms with E-state index in [1.165, 1.54) is 0 Å². The SMILES string of the molecule is NC(CO)C(=O)O.NC(CO)C(=O)O.NCC(=O)O. The van der Waals surface area contributed by atoms with Gasteiger partial charge < -0.3 is 42.7 Å². The zero-order valence-electron chi connectivity index (χ0n) is 9.97. The molecule has 0 fully saturated rings. The molecule has 0 amide bonds. The van der Waals surface area contributed by atoms with Gasteiger partial charge in [-0.25, -0.2) is 0 Å². The number of rotatable bonds is 5. The van der Waals surface area contributed by atoms with Gasteiger partial charge in [-0.05, 0) is 0 Å². The van der Waals surface area contributed by atoms with Gasteiger partial charge in [0.1, 0.15) is 12.1 Å². The van der Waals surface area contributed by atoms with E-state index < -0.39 is 43.2 Å². The van der Waals surface area contributed by atoms with Crippen LogP contribution in [0.3, 0.4) is 0 Å². The molecular weight excluding hydrogens is 266 g/mol. The lowest BCUT2D eigenvalue weighted by Gasteiger charge is -1.96. The summed E-state index contributed by atoms with van der Waals surface area (Å²) in [4.78, 5) is 28.5. The molecule has 19 heavy (non-hydrogen) atoms. The highest BCUT2D eigenvalue weighted by molar-refractivity contribution is 5.73. The van der Waals surface area contributed by atoms with Crippen LogP contribution >= 0.6 is 0 Å². The topological polar surface area (TPSA) is 230 Å². The summed E-state index contributed by atoms with van der Waals surface area (Å²) in [5.74, 6) is -3.32. The average Bonchev–Trinajstić information content (AvgIpc) is 2.37. The first kappa shape index (κ1) is 22.4. The summed E-state index contributed by atoms with van der Waals surface area (Å²) < 4.78 is 0. The first-order chi connectivity index (χ1) is 8.63. The fourth-order valence-electron chi connectivity index (χ4n) is 0.156. The van der Waals surface area contributed by atoms with Crippen molar-refractivity contribution < 1.29 is 39.9 Å². The van der Waals surface area contributed by atoms with Gasteiger partial charge in [-0.3, -0.25) is 14.4 Å². The Morgan fingerprint density at radius 2 is 1.05 bits per heavy atom. The summed E-state index contributed by atoms with van der Waals surface area (Å²) >= 11 is 0. The molecule has 2 unspecified atom stereocenters. The minimum atomic E-state index is -1.18. The van der Waals surface area contributed by atoms with Gasteiger partial charge >= 0.3 is 17.9 Å². The zero-order valence-corrected chi connectivity index (χ0v) is 9.97. The van der Waals surface area contributed by atoms with E-state index in [0.717, 1.165) is 0 Å².